The van der Waals surface area contributed by atoms with Crippen molar-refractivity contribution in [2.45, 2.75) is 19.4 Å². The van der Waals surface area contributed by atoms with Crippen LogP contribution in [-0.4, -0.2) is 29.9 Å². The highest BCUT2D eigenvalue weighted by atomic mass is 35.5. The van der Waals surface area contributed by atoms with Crippen molar-refractivity contribution >= 4 is 29.9 Å². The Morgan fingerprint density at radius 2 is 2.24 bits per heavy atom. The van der Waals surface area contributed by atoms with E-state index in [1.165, 1.54) is 0 Å². The zero-order chi connectivity index (χ0) is 11.7. The summed E-state index contributed by atoms with van der Waals surface area (Å²) in [6, 6.07) is 5.50. The molecule has 1 fully saturated rings. The summed E-state index contributed by atoms with van der Waals surface area (Å²) in [7, 11) is 0. The van der Waals surface area contributed by atoms with Gasteiger partial charge in [0.15, 0.2) is 0 Å². The van der Waals surface area contributed by atoms with Crippen LogP contribution in [0.3, 0.4) is 0 Å². The lowest BCUT2D eigenvalue weighted by atomic mass is 10.1. The van der Waals surface area contributed by atoms with Crippen LogP contribution in [0.25, 0.3) is 0 Å². The first-order valence-corrected chi connectivity index (χ1v) is 5.76. The van der Waals surface area contributed by atoms with Crippen molar-refractivity contribution in [1.82, 2.24) is 4.90 Å². The summed E-state index contributed by atoms with van der Waals surface area (Å²) in [4.78, 5) is 14.0. The zero-order valence-electron chi connectivity index (χ0n) is 9.65. The van der Waals surface area contributed by atoms with Gasteiger partial charge in [-0.15, -0.1) is 12.4 Å². The molecule has 1 aromatic rings. The minimum Gasteiger partial charge on any atom is -0.337 e. The number of amides is 1. The van der Waals surface area contributed by atoms with Gasteiger partial charge in [-0.1, -0.05) is 17.7 Å². The normalized spacial score (nSPS) is 19.0. The zero-order valence-corrected chi connectivity index (χ0v) is 11.2. The predicted molar refractivity (Wildman–Crippen MR) is 71.9 cm³/mol. The largest absolute Gasteiger partial charge is 0.337 e. The SMILES string of the molecule is Cc1ccc(Cl)cc1C(=O)N1CC[C@@H](N)C1.Cl. The monoisotopic (exact) mass is 274 g/mol. The Bertz CT molecular complexity index is 423. The molecule has 94 valence electrons. The Morgan fingerprint density at radius 1 is 1.53 bits per heavy atom. The summed E-state index contributed by atoms with van der Waals surface area (Å²) in [6.07, 6.45) is 0.880. The molecule has 0 aliphatic carbocycles. The molecule has 1 atom stereocenters. The maximum absolute atomic E-state index is 12.2. The summed E-state index contributed by atoms with van der Waals surface area (Å²) in [5.41, 5.74) is 7.42. The lowest BCUT2D eigenvalue weighted by Gasteiger charge is -2.17. The molecule has 5 heteroatoms. The summed E-state index contributed by atoms with van der Waals surface area (Å²) >= 11 is 5.90. The van der Waals surface area contributed by atoms with Gasteiger partial charge in [-0.05, 0) is 31.0 Å². The molecular formula is C12H16Cl2N2O. The maximum Gasteiger partial charge on any atom is 0.254 e. The van der Waals surface area contributed by atoms with Crippen LogP contribution < -0.4 is 5.73 Å². The smallest absolute Gasteiger partial charge is 0.254 e. The molecule has 1 aliphatic heterocycles. The van der Waals surface area contributed by atoms with Crippen LogP contribution in [0.2, 0.25) is 5.02 Å². The molecule has 17 heavy (non-hydrogen) atoms. The second-order valence-electron chi connectivity index (χ2n) is 4.26. The number of carbonyl (C=O) groups is 1. The van der Waals surface area contributed by atoms with Crippen molar-refractivity contribution in [2.75, 3.05) is 13.1 Å². The second-order valence-corrected chi connectivity index (χ2v) is 4.70. The minimum atomic E-state index is 0. The van der Waals surface area contributed by atoms with Crippen LogP contribution in [0, 0.1) is 6.92 Å². The first-order chi connectivity index (χ1) is 7.58. The molecular weight excluding hydrogens is 259 g/mol. The van der Waals surface area contributed by atoms with Crippen molar-refractivity contribution < 1.29 is 4.79 Å². The van der Waals surface area contributed by atoms with Gasteiger partial charge in [0.1, 0.15) is 0 Å². The number of likely N-dealkylation sites (tertiary alicyclic amines) is 1. The van der Waals surface area contributed by atoms with E-state index in [-0.39, 0.29) is 24.4 Å². The quantitative estimate of drug-likeness (QED) is 0.854. The number of rotatable bonds is 1. The lowest BCUT2D eigenvalue weighted by molar-refractivity contribution is 0.0790. The average Bonchev–Trinajstić information content (AvgIpc) is 2.67. The molecule has 1 heterocycles. The predicted octanol–water partition coefficient (Wildman–Crippen LogP) is 2.24. The number of aryl methyl sites for hydroxylation is 1. The number of halogens is 2. The molecule has 3 nitrogen and oxygen atoms in total. The van der Waals surface area contributed by atoms with E-state index in [2.05, 4.69) is 0 Å². The van der Waals surface area contributed by atoms with E-state index in [4.69, 9.17) is 17.3 Å². The molecule has 0 unspecified atom stereocenters. The fraction of sp³-hybridized carbons (Fsp3) is 0.417. The fourth-order valence-electron chi connectivity index (χ4n) is 1.97. The summed E-state index contributed by atoms with van der Waals surface area (Å²) in [5.74, 6) is 0.0351. The van der Waals surface area contributed by atoms with Gasteiger partial charge >= 0.3 is 0 Å². The maximum atomic E-state index is 12.2. The van der Waals surface area contributed by atoms with Gasteiger partial charge in [-0.25, -0.2) is 0 Å². The molecule has 2 N–H and O–H groups in total. The summed E-state index contributed by atoms with van der Waals surface area (Å²) in [5, 5.41) is 0.595. The third-order valence-electron chi connectivity index (χ3n) is 2.94. The average molecular weight is 275 g/mol. The van der Waals surface area contributed by atoms with E-state index < -0.39 is 0 Å². The highest BCUT2D eigenvalue weighted by Crippen LogP contribution is 2.19. The standard InChI is InChI=1S/C12H15ClN2O.ClH/c1-8-2-3-9(13)6-11(8)12(16)15-5-4-10(14)7-15;/h2-3,6,10H,4-5,7,14H2,1H3;1H/t10-;/m1./s1. The van der Waals surface area contributed by atoms with E-state index in [0.29, 0.717) is 17.1 Å². The van der Waals surface area contributed by atoms with Crippen molar-refractivity contribution in [3.63, 3.8) is 0 Å². The number of hydrogen-bond donors (Lipinski definition) is 1. The van der Waals surface area contributed by atoms with Crippen molar-refractivity contribution in [1.29, 1.82) is 0 Å². The van der Waals surface area contributed by atoms with Gasteiger partial charge in [0.25, 0.3) is 5.91 Å². The van der Waals surface area contributed by atoms with Crippen LogP contribution in [0.5, 0.6) is 0 Å². The second kappa shape index (κ2) is 5.71. The molecule has 1 amide bonds. The molecule has 0 radical (unpaired) electrons. The van der Waals surface area contributed by atoms with Crippen molar-refractivity contribution in [2.24, 2.45) is 5.73 Å². The Balaban J connectivity index is 0.00000144. The molecule has 2 rings (SSSR count). The summed E-state index contributed by atoms with van der Waals surface area (Å²) in [6.45, 7) is 3.30. The Kier molecular flexibility index (Phi) is 4.80. The molecule has 0 bridgehead atoms. The first kappa shape index (κ1) is 14.3. The molecule has 1 aliphatic rings. The number of benzene rings is 1. The van der Waals surface area contributed by atoms with E-state index in [1.54, 1.807) is 17.0 Å². The topological polar surface area (TPSA) is 46.3 Å². The van der Waals surface area contributed by atoms with Gasteiger partial charge in [-0.2, -0.15) is 0 Å². The van der Waals surface area contributed by atoms with E-state index >= 15 is 0 Å². The third kappa shape index (κ3) is 3.12. The van der Waals surface area contributed by atoms with Crippen LogP contribution >= 0.6 is 24.0 Å². The van der Waals surface area contributed by atoms with Gasteiger partial charge in [0.2, 0.25) is 0 Å². The highest BCUT2D eigenvalue weighted by Gasteiger charge is 2.25. The van der Waals surface area contributed by atoms with Gasteiger partial charge in [-0.3, -0.25) is 4.79 Å². The minimum absolute atomic E-state index is 0. The van der Waals surface area contributed by atoms with Crippen LogP contribution in [0.1, 0.15) is 22.3 Å². The highest BCUT2D eigenvalue weighted by molar-refractivity contribution is 6.31. The Hall–Kier alpha value is -0.770. The molecule has 1 aromatic carbocycles. The van der Waals surface area contributed by atoms with E-state index in [9.17, 15) is 4.79 Å². The lowest BCUT2D eigenvalue weighted by Crippen LogP contribution is -2.32. The van der Waals surface area contributed by atoms with Gasteiger partial charge in [0, 0.05) is 29.7 Å². The van der Waals surface area contributed by atoms with Crippen LogP contribution in [0.15, 0.2) is 18.2 Å². The van der Waals surface area contributed by atoms with Gasteiger partial charge in [0.05, 0.1) is 0 Å². The van der Waals surface area contributed by atoms with Crippen molar-refractivity contribution in [3.05, 3.63) is 34.3 Å². The number of nitrogens with two attached hydrogens (primary N) is 1. The molecule has 0 spiro atoms. The van der Waals surface area contributed by atoms with Crippen molar-refractivity contribution in [3.8, 4) is 0 Å². The van der Waals surface area contributed by atoms with Crippen LogP contribution in [0.4, 0.5) is 0 Å². The van der Waals surface area contributed by atoms with Gasteiger partial charge < -0.3 is 10.6 Å². The Morgan fingerprint density at radius 3 is 2.82 bits per heavy atom. The Labute approximate surface area is 112 Å². The molecule has 1 saturated heterocycles. The molecule has 0 saturated carbocycles. The number of hydrogen-bond acceptors (Lipinski definition) is 2. The first-order valence-electron chi connectivity index (χ1n) is 5.39. The number of carbonyl (C=O) groups excluding carboxylic acids is 1. The number of nitrogens with zero attached hydrogens (tertiary/aromatic N) is 1. The molecule has 0 aromatic heterocycles. The fourth-order valence-corrected chi connectivity index (χ4v) is 2.14. The van der Waals surface area contributed by atoms with Crippen LogP contribution in [-0.2, 0) is 0 Å². The third-order valence-corrected chi connectivity index (χ3v) is 3.18. The van der Waals surface area contributed by atoms with E-state index in [1.807, 2.05) is 13.0 Å². The van der Waals surface area contributed by atoms with E-state index in [0.717, 1.165) is 18.5 Å². The summed E-state index contributed by atoms with van der Waals surface area (Å²) < 4.78 is 0.